The summed E-state index contributed by atoms with van der Waals surface area (Å²) in [6.45, 7) is 2.71. The molecule has 11 heteroatoms. The number of imidazole rings is 1. The van der Waals surface area contributed by atoms with Crippen LogP contribution < -0.4 is 16.2 Å². The van der Waals surface area contributed by atoms with E-state index in [9.17, 15) is 4.79 Å². The fourth-order valence-corrected chi connectivity index (χ4v) is 3.29. The number of fused-ring (bicyclic) bond motifs is 1. The van der Waals surface area contributed by atoms with Gasteiger partial charge < -0.3 is 25.5 Å². The summed E-state index contributed by atoms with van der Waals surface area (Å²) in [7, 11) is 0. The first kappa shape index (κ1) is 22.1. The SMILES string of the molecule is CCOC(=O)[C@H](N)CCCOc1ccc(Cl)c(Cl)c1Cn1cnc2c(N)ncnc21. The highest BCUT2D eigenvalue weighted by Gasteiger charge is 2.17. The van der Waals surface area contributed by atoms with E-state index in [1.165, 1.54) is 6.33 Å². The zero-order valence-electron chi connectivity index (χ0n) is 16.3. The van der Waals surface area contributed by atoms with Crippen LogP contribution >= 0.6 is 23.2 Å². The van der Waals surface area contributed by atoms with Gasteiger partial charge in [-0.15, -0.1) is 0 Å². The van der Waals surface area contributed by atoms with E-state index in [4.69, 9.17) is 44.1 Å². The molecule has 0 amide bonds. The quantitative estimate of drug-likeness (QED) is 0.374. The predicted molar refractivity (Wildman–Crippen MR) is 115 cm³/mol. The number of aromatic nitrogens is 4. The van der Waals surface area contributed by atoms with Crippen molar-refractivity contribution in [3.05, 3.63) is 40.4 Å². The summed E-state index contributed by atoms with van der Waals surface area (Å²) in [4.78, 5) is 24.0. The summed E-state index contributed by atoms with van der Waals surface area (Å²) < 4.78 is 12.6. The van der Waals surface area contributed by atoms with E-state index >= 15 is 0 Å². The monoisotopic (exact) mass is 452 g/mol. The number of anilines is 1. The summed E-state index contributed by atoms with van der Waals surface area (Å²) in [6, 6.07) is 2.74. The molecule has 2 heterocycles. The molecule has 1 atom stereocenters. The van der Waals surface area contributed by atoms with Gasteiger partial charge in [-0.1, -0.05) is 23.2 Å². The van der Waals surface area contributed by atoms with Gasteiger partial charge >= 0.3 is 5.97 Å². The van der Waals surface area contributed by atoms with Crippen LogP contribution in [-0.4, -0.2) is 44.7 Å². The van der Waals surface area contributed by atoms with Gasteiger partial charge in [-0.05, 0) is 31.9 Å². The summed E-state index contributed by atoms with van der Waals surface area (Å²) in [5, 5.41) is 0.781. The van der Waals surface area contributed by atoms with E-state index in [0.717, 1.165) is 0 Å². The van der Waals surface area contributed by atoms with Gasteiger partial charge in [-0.25, -0.2) is 15.0 Å². The number of halogens is 2. The zero-order valence-corrected chi connectivity index (χ0v) is 17.9. The van der Waals surface area contributed by atoms with Crippen molar-refractivity contribution in [2.24, 2.45) is 5.73 Å². The molecular formula is C19H22Cl2N6O3. The smallest absolute Gasteiger partial charge is 0.322 e. The van der Waals surface area contributed by atoms with Crippen LogP contribution in [0.4, 0.5) is 5.82 Å². The molecule has 4 N–H and O–H groups in total. The van der Waals surface area contributed by atoms with E-state index < -0.39 is 12.0 Å². The normalized spacial score (nSPS) is 12.1. The number of nitrogens with zero attached hydrogens (tertiary/aromatic N) is 4. The molecule has 0 fully saturated rings. The predicted octanol–water partition coefficient (Wildman–Crippen LogP) is 2.81. The number of esters is 1. The highest BCUT2D eigenvalue weighted by molar-refractivity contribution is 6.42. The minimum atomic E-state index is -0.677. The minimum Gasteiger partial charge on any atom is -0.493 e. The average Bonchev–Trinajstić information content (AvgIpc) is 3.14. The Hall–Kier alpha value is -2.62. The Bertz CT molecular complexity index is 1040. The van der Waals surface area contributed by atoms with Crippen molar-refractivity contribution in [3.8, 4) is 5.75 Å². The fourth-order valence-electron chi connectivity index (χ4n) is 2.89. The van der Waals surface area contributed by atoms with Gasteiger partial charge in [0.1, 0.15) is 23.6 Å². The molecule has 0 radical (unpaired) electrons. The first-order valence-corrected chi connectivity index (χ1v) is 10.1. The van der Waals surface area contributed by atoms with Crippen molar-refractivity contribution in [2.75, 3.05) is 18.9 Å². The maximum absolute atomic E-state index is 11.6. The molecule has 2 aromatic heterocycles. The van der Waals surface area contributed by atoms with Crippen LogP contribution in [0.2, 0.25) is 10.0 Å². The van der Waals surface area contributed by atoms with Crippen LogP contribution in [0, 0.1) is 0 Å². The van der Waals surface area contributed by atoms with Gasteiger partial charge in [0.2, 0.25) is 0 Å². The Morgan fingerprint density at radius 3 is 2.83 bits per heavy atom. The van der Waals surface area contributed by atoms with Crippen LogP contribution in [0.5, 0.6) is 5.75 Å². The van der Waals surface area contributed by atoms with Crippen molar-refractivity contribution in [1.29, 1.82) is 0 Å². The third-order valence-electron chi connectivity index (χ3n) is 4.42. The lowest BCUT2D eigenvalue weighted by Gasteiger charge is -2.15. The lowest BCUT2D eigenvalue weighted by atomic mass is 10.1. The number of hydrogen-bond donors (Lipinski definition) is 2. The molecule has 0 aliphatic rings. The Morgan fingerprint density at radius 2 is 2.07 bits per heavy atom. The third-order valence-corrected chi connectivity index (χ3v) is 5.26. The number of nitrogen functional groups attached to an aromatic ring is 1. The van der Waals surface area contributed by atoms with E-state index in [2.05, 4.69) is 15.0 Å². The summed E-state index contributed by atoms with van der Waals surface area (Å²) in [6.07, 6.45) is 3.99. The lowest BCUT2D eigenvalue weighted by molar-refractivity contribution is -0.144. The zero-order chi connectivity index (χ0) is 21.7. The third kappa shape index (κ3) is 4.92. The van der Waals surface area contributed by atoms with Crippen LogP contribution in [-0.2, 0) is 16.1 Å². The number of carbonyl (C=O) groups is 1. The first-order chi connectivity index (χ1) is 14.4. The molecule has 0 bridgehead atoms. The Morgan fingerprint density at radius 1 is 1.27 bits per heavy atom. The molecule has 0 saturated heterocycles. The van der Waals surface area contributed by atoms with Crippen molar-refractivity contribution in [1.82, 2.24) is 19.5 Å². The van der Waals surface area contributed by atoms with E-state index in [1.54, 1.807) is 30.0 Å². The van der Waals surface area contributed by atoms with E-state index in [-0.39, 0.29) is 0 Å². The van der Waals surface area contributed by atoms with Gasteiger partial charge in [-0.2, -0.15) is 0 Å². The molecule has 0 aliphatic heterocycles. The second-order valence-corrected chi connectivity index (χ2v) is 7.28. The number of ether oxygens (including phenoxy) is 2. The molecule has 0 aliphatic carbocycles. The Balaban J connectivity index is 1.73. The topological polar surface area (TPSA) is 131 Å². The number of benzene rings is 1. The second-order valence-electron chi connectivity index (χ2n) is 6.49. The molecule has 3 aromatic rings. The molecule has 1 aromatic carbocycles. The number of rotatable bonds is 9. The highest BCUT2D eigenvalue weighted by Crippen LogP contribution is 2.34. The van der Waals surface area contributed by atoms with E-state index in [0.29, 0.717) is 70.9 Å². The first-order valence-electron chi connectivity index (χ1n) is 9.35. The molecule has 160 valence electrons. The Labute approximate surface area is 183 Å². The average molecular weight is 453 g/mol. The maximum atomic E-state index is 11.6. The molecule has 9 nitrogen and oxygen atoms in total. The van der Waals surface area contributed by atoms with Gasteiger partial charge in [0.15, 0.2) is 11.5 Å². The number of nitrogens with two attached hydrogens (primary N) is 2. The molecule has 0 saturated carbocycles. The van der Waals surface area contributed by atoms with Crippen LogP contribution in [0.25, 0.3) is 11.2 Å². The van der Waals surface area contributed by atoms with Crippen molar-refractivity contribution in [3.63, 3.8) is 0 Å². The molecule has 0 unspecified atom stereocenters. The Kier molecular flexibility index (Phi) is 7.30. The van der Waals surface area contributed by atoms with Crippen molar-refractivity contribution >= 4 is 46.2 Å². The fraction of sp³-hybridized carbons (Fsp3) is 0.368. The molecule has 0 spiro atoms. The summed E-state index contributed by atoms with van der Waals surface area (Å²) in [5.41, 5.74) is 13.4. The largest absolute Gasteiger partial charge is 0.493 e. The maximum Gasteiger partial charge on any atom is 0.322 e. The van der Waals surface area contributed by atoms with Gasteiger partial charge in [-0.3, -0.25) is 4.79 Å². The molecule has 30 heavy (non-hydrogen) atoms. The van der Waals surface area contributed by atoms with Crippen molar-refractivity contribution < 1.29 is 14.3 Å². The molecule has 3 rings (SSSR count). The number of hydrogen-bond acceptors (Lipinski definition) is 8. The van der Waals surface area contributed by atoms with Crippen LogP contribution in [0.3, 0.4) is 0 Å². The van der Waals surface area contributed by atoms with Crippen molar-refractivity contribution in [2.45, 2.75) is 32.4 Å². The summed E-state index contributed by atoms with van der Waals surface area (Å²) >= 11 is 12.7. The lowest BCUT2D eigenvalue weighted by Crippen LogP contribution is -2.32. The number of carbonyl (C=O) groups excluding carboxylic acids is 1. The van der Waals surface area contributed by atoms with Crippen LogP contribution in [0.15, 0.2) is 24.8 Å². The van der Waals surface area contributed by atoms with Gasteiger partial charge in [0.25, 0.3) is 0 Å². The van der Waals surface area contributed by atoms with E-state index in [1.807, 2.05) is 0 Å². The molecular weight excluding hydrogens is 431 g/mol. The summed E-state index contributed by atoms with van der Waals surface area (Å²) in [5.74, 6) is 0.448. The highest BCUT2D eigenvalue weighted by atomic mass is 35.5. The second kappa shape index (κ2) is 9.92. The minimum absolute atomic E-state index is 0.297. The van der Waals surface area contributed by atoms with Gasteiger partial charge in [0, 0.05) is 5.56 Å². The van der Waals surface area contributed by atoms with Crippen LogP contribution in [0.1, 0.15) is 25.3 Å². The standard InChI is InChI=1S/C19H22Cl2N6O3/c1-2-29-19(28)13(22)4-3-7-30-14-6-5-12(20)15(21)11(14)8-27-10-26-16-17(23)24-9-25-18(16)27/h5-6,9-10,13H,2-4,7-8,22H2,1H3,(H2,23,24,25)/t13-/m1/s1. The van der Waals surface area contributed by atoms with Gasteiger partial charge in [0.05, 0.1) is 36.1 Å².